The second-order valence-corrected chi connectivity index (χ2v) is 4.24. The molecular formula is C7H7ClN2NaO3P. The van der Waals surface area contributed by atoms with Gasteiger partial charge >= 0.3 is 29.6 Å². The zero-order valence-electron chi connectivity index (χ0n) is 8.25. The van der Waals surface area contributed by atoms with Gasteiger partial charge in [0.05, 0.1) is 5.69 Å². The van der Waals surface area contributed by atoms with Gasteiger partial charge in [-0.05, 0) is 18.2 Å². The first kappa shape index (κ1) is 15.3. The Balaban J connectivity index is 0.00000196. The molecule has 0 bridgehead atoms. The standard InChI is InChI=1S/C7H8ClN2O3P.Na/c1-13-14(11,12)10-9-7-4-2-3-6(8)5-7;/h2-5H,1H3,(H,11,12);/q;+1/p-1. The van der Waals surface area contributed by atoms with Gasteiger partial charge in [-0.1, -0.05) is 17.7 Å². The van der Waals surface area contributed by atoms with Crippen molar-refractivity contribution in [3.8, 4) is 0 Å². The van der Waals surface area contributed by atoms with Gasteiger partial charge in [-0.3, -0.25) is 4.57 Å². The Morgan fingerprint density at radius 2 is 2.20 bits per heavy atom. The van der Waals surface area contributed by atoms with Gasteiger partial charge in [0.15, 0.2) is 0 Å². The Labute approximate surface area is 114 Å². The van der Waals surface area contributed by atoms with Crippen molar-refractivity contribution in [1.82, 2.24) is 0 Å². The van der Waals surface area contributed by atoms with Gasteiger partial charge in [0.25, 0.3) is 7.75 Å². The molecule has 0 radical (unpaired) electrons. The van der Waals surface area contributed by atoms with E-state index in [2.05, 4.69) is 14.5 Å². The first-order valence-electron chi connectivity index (χ1n) is 3.59. The molecule has 0 heterocycles. The number of benzene rings is 1. The molecular weight excluding hydrogens is 250 g/mol. The van der Waals surface area contributed by atoms with Crippen LogP contribution in [-0.2, 0) is 9.09 Å². The summed E-state index contributed by atoms with van der Waals surface area (Å²) in [5.74, 6) is 0. The Hall–Kier alpha value is 0.260. The summed E-state index contributed by atoms with van der Waals surface area (Å²) in [5, 5.41) is 3.91. The first-order valence-corrected chi connectivity index (χ1v) is 5.46. The molecule has 1 rings (SSSR count). The number of nitrogens with zero attached hydrogens (tertiary/aromatic N) is 2. The predicted octanol–water partition coefficient (Wildman–Crippen LogP) is -0.458. The molecule has 0 aliphatic rings. The molecule has 1 aromatic rings. The van der Waals surface area contributed by atoms with Crippen LogP contribution in [0.5, 0.6) is 0 Å². The minimum absolute atomic E-state index is 0. The van der Waals surface area contributed by atoms with Crippen molar-refractivity contribution in [2.24, 2.45) is 10.00 Å². The molecule has 1 unspecified atom stereocenters. The van der Waals surface area contributed by atoms with E-state index >= 15 is 0 Å². The summed E-state index contributed by atoms with van der Waals surface area (Å²) < 4.78 is 14.9. The molecule has 1 atom stereocenters. The van der Waals surface area contributed by atoms with E-state index in [4.69, 9.17) is 11.6 Å². The normalized spacial score (nSPS) is 14.6. The maximum atomic E-state index is 10.8. The quantitative estimate of drug-likeness (QED) is 0.417. The van der Waals surface area contributed by atoms with Crippen LogP contribution in [0, 0.1) is 0 Å². The summed E-state index contributed by atoms with van der Waals surface area (Å²) in [6.45, 7) is 0. The Morgan fingerprint density at radius 1 is 1.53 bits per heavy atom. The number of hydrogen-bond donors (Lipinski definition) is 0. The zero-order valence-corrected chi connectivity index (χ0v) is 11.9. The van der Waals surface area contributed by atoms with E-state index in [0.717, 1.165) is 7.11 Å². The van der Waals surface area contributed by atoms with Crippen LogP contribution in [0.4, 0.5) is 5.69 Å². The van der Waals surface area contributed by atoms with E-state index in [9.17, 15) is 9.46 Å². The van der Waals surface area contributed by atoms with Gasteiger partial charge in [0.1, 0.15) is 0 Å². The van der Waals surface area contributed by atoms with Crippen LogP contribution in [0.2, 0.25) is 5.02 Å². The molecule has 0 aliphatic heterocycles. The molecule has 15 heavy (non-hydrogen) atoms. The molecule has 0 spiro atoms. The molecule has 1 aromatic carbocycles. The fraction of sp³-hybridized carbons (Fsp3) is 0.143. The average Bonchev–Trinajstić information content (AvgIpc) is 2.15. The fourth-order valence-electron chi connectivity index (χ4n) is 0.681. The van der Waals surface area contributed by atoms with E-state index < -0.39 is 7.75 Å². The third-order valence-electron chi connectivity index (χ3n) is 1.31. The Bertz CT molecular complexity index is 402. The fourth-order valence-corrected chi connectivity index (χ4v) is 1.15. The van der Waals surface area contributed by atoms with Crippen LogP contribution in [0.15, 0.2) is 34.3 Å². The van der Waals surface area contributed by atoms with Crippen molar-refractivity contribution in [3.05, 3.63) is 29.3 Å². The first-order chi connectivity index (χ1) is 6.53. The summed E-state index contributed by atoms with van der Waals surface area (Å²) in [5.41, 5.74) is 0.352. The van der Waals surface area contributed by atoms with Gasteiger partial charge in [-0.15, -0.1) is 10.00 Å². The summed E-state index contributed by atoms with van der Waals surface area (Å²) in [6, 6.07) is 6.35. The third kappa shape index (κ3) is 5.78. The van der Waals surface area contributed by atoms with Gasteiger partial charge in [0.2, 0.25) is 0 Å². The smallest absolute Gasteiger partial charge is 0.759 e. The largest absolute Gasteiger partial charge is 1.00 e. The van der Waals surface area contributed by atoms with Crippen LogP contribution >= 0.6 is 19.3 Å². The number of rotatable bonds is 3. The molecule has 0 N–H and O–H groups in total. The van der Waals surface area contributed by atoms with Crippen LogP contribution in [0.25, 0.3) is 0 Å². The molecule has 8 heteroatoms. The van der Waals surface area contributed by atoms with Crippen molar-refractivity contribution in [2.75, 3.05) is 7.11 Å². The summed E-state index contributed by atoms with van der Waals surface area (Å²) >= 11 is 5.65. The Morgan fingerprint density at radius 3 is 2.73 bits per heavy atom. The van der Waals surface area contributed by atoms with Crippen LogP contribution in [0.1, 0.15) is 0 Å². The van der Waals surface area contributed by atoms with Crippen molar-refractivity contribution in [3.63, 3.8) is 0 Å². The van der Waals surface area contributed by atoms with E-state index in [1.165, 1.54) is 6.07 Å². The van der Waals surface area contributed by atoms with Gasteiger partial charge in [-0.2, -0.15) is 0 Å². The maximum absolute atomic E-state index is 10.8. The van der Waals surface area contributed by atoms with Crippen molar-refractivity contribution in [1.29, 1.82) is 0 Å². The van der Waals surface area contributed by atoms with Gasteiger partial charge in [0, 0.05) is 12.1 Å². The van der Waals surface area contributed by atoms with Crippen LogP contribution in [-0.4, -0.2) is 7.11 Å². The van der Waals surface area contributed by atoms with E-state index in [0.29, 0.717) is 10.7 Å². The molecule has 0 saturated heterocycles. The number of halogens is 1. The third-order valence-corrected chi connectivity index (χ3v) is 2.31. The summed E-state index contributed by atoms with van der Waals surface area (Å²) in [6.07, 6.45) is 0. The summed E-state index contributed by atoms with van der Waals surface area (Å²) in [4.78, 5) is 13.8. The van der Waals surface area contributed by atoms with E-state index in [1.54, 1.807) is 18.2 Å². The number of hydrogen-bond acceptors (Lipinski definition) is 4. The molecule has 0 saturated carbocycles. The minimum Gasteiger partial charge on any atom is -0.759 e. The second kappa shape index (κ2) is 6.76. The predicted molar refractivity (Wildman–Crippen MR) is 50.6 cm³/mol. The van der Waals surface area contributed by atoms with Crippen molar-refractivity contribution >= 4 is 25.0 Å². The van der Waals surface area contributed by atoms with Crippen molar-refractivity contribution in [2.45, 2.75) is 0 Å². The zero-order chi connectivity index (χ0) is 10.6. The SMILES string of the molecule is COP(=O)([O-])N=Nc1cccc(Cl)c1.[Na+]. The molecule has 0 amide bonds. The summed E-state index contributed by atoms with van der Waals surface area (Å²) in [7, 11) is -3.17. The average molecular weight is 257 g/mol. The Kier molecular flexibility index (Phi) is 6.88. The molecule has 0 aromatic heterocycles. The van der Waals surface area contributed by atoms with E-state index in [1.807, 2.05) is 0 Å². The van der Waals surface area contributed by atoms with E-state index in [-0.39, 0.29) is 29.6 Å². The van der Waals surface area contributed by atoms with Crippen molar-refractivity contribution < 1.29 is 43.5 Å². The van der Waals surface area contributed by atoms with Gasteiger partial charge in [-0.25, -0.2) is 0 Å². The monoisotopic (exact) mass is 256 g/mol. The van der Waals surface area contributed by atoms with Crippen LogP contribution in [0.3, 0.4) is 0 Å². The molecule has 0 fully saturated rings. The van der Waals surface area contributed by atoms with Crippen LogP contribution < -0.4 is 34.5 Å². The second-order valence-electron chi connectivity index (χ2n) is 2.32. The minimum atomic E-state index is -4.19. The molecule has 76 valence electrons. The maximum Gasteiger partial charge on any atom is 1.00 e. The topological polar surface area (TPSA) is 74.1 Å². The molecule has 0 aliphatic carbocycles. The molecule has 5 nitrogen and oxygen atoms in total. The van der Waals surface area contributed by atoms with Gasteiger partial charge < -0.3 is 9.42 Å².